The Hall–Kier alpha value is -2.02. The van der Waals surface area contributed by atoms with Crippen LogP contribution in [0.5, 0.6) is 0 Å². The van der Waals surface area contributed by atoms with Gasteiger partial charge in [-0.2, -0.15) is 0 Å². The zero-order valence-corrected chi connectivity index (χ0v) is 11.9. The van der Waals surface area contributed by atoms with Crippen LogP contribution >= 0.6 is 11.3 Å². The van der Waals surface area contributed by atoms with Gasteiger partial charge in [0.2, 0.25) is 10.1 Å². The number of hydrogen-bond donors (Lipinski definition) is 1. The SMILES string of the molecule is CNc1nnc(C(=O)N(C)Cc2cccc(C)n2)s1. The van der Waals surface area contributed by atoms with E-state index in [9.17, 15) is 4.79 Å². The summed E-state index contributed by atoms with van der Waals surface area (Å²) in [7, 11) is 3.47. The molecule has 2 heterocycles. The van der Waals surface area contributed by atoms with E-state index >= 15 is 0 Å². The van der Waals surface area contributed by atoms with Gasteiger partial charge < -0.3 is 10.2 Å². The van der Waals surface area contributed by atoms with E-state index in [-0.39, 0.29) is 5.91 Å². The smallest absolute Gasteiger partial charge is 0.284 e. The molecule has 0 aliphatic carbocycles. The third kappa shape index (κ3) is 3.25. The molecule has 1 amide bonds. The molecule has 2 aromatic heterocycles. The maximum Gasteiger partial charge on any atom is 0.284 e. The Morgan fingerprint density at radius 1 is 1.42 bits per heavy atom. The summed E-state index contributed by atoms with van der Waals surface area (Å²) in [6.07, 6.45) is 0. The number of nitrogens with one attached hydrogen (secondary N) is 1. The molecule has 0 radical (unpaired) electrons. The average molecular weight is 277 g/mol. The van der Waals surface area contributed by atoms with Crippen LogP contribution < -0.4 is 5.32 Å². The topological polar surface area (TPSA) is 71.0 Å². The van der Waals surface area contributed by atoms with Crippen LogP contribution in [0.15, 0.2) is 18.2 Å². The van der Waals surface area contributed by atoms with Crippen molar-refractivity contribution in [2.75, 3.05) is 19.4 Å². The van der Waals surface area contributed by atoms with Crippen molar-refractivity contribution in [2.24, 2.45) is 0 Å². The van der Waals surface area contributed by atoms with Crippen molar-refractivity contribution >= 4 is 22.4 Å². The van der Waals surface area contributed by atoms with E-state index in [0.29, 0.717) is 16.7 Å². The van der Waals surface area contributed by atoms with Gasteiger partial charge in [0.05, 0.1) is 12.2 Å². The third-order valence-corrected chi connectivity index (χ3v) is 3.44. The number of anilines is 1. The van der Waals surface area contributed by atoms with Gasteiger partial charge in [-0.05, 0) is 19.1 Å². The molecule has 100 valence electrons. The maximum atomic E-state index is 12.1. The number of rotatable bonds is 4. The first-order valence-electron chi connectivity index (χ1n) is 5.79. The maximum absolute atomic E-state index is 12.1. The lowest BCUT2D eigenvalue weighted by atomic mass is 10.3. The first kappa shape index (κ1) is 13.4. The van der Waals surface area contributed by atoms with Crippen LogP contribution in [0.4, 0.5) is 5.13 Å². The largest absolute Gasteiger partial charge is 0.363 e. The molecule has 2 rings (SSSR count). The number of carbonyl (C=O) groups is 1. The van der Waals surface area contributed by atoms with Crippen LogP contribution in [0.1, 0.15) is 21.2 Å². The molecule has 0 bridgehead atoms. The standard InChI is InChI=1S/C12H15N5OS/c1-8-5-4-6-9(14-8)7-17(3)11(18)10-15-16-12(13-2)19-10/h4-6H,7H2,1-3H3,(H,13,16). The first-order valence-corrected chi connectivity index (χ1v) is 6.61. The van der Waals surface area contributed by atoms with Crippen LogP contribution in [0, 0.1) is 6.92 Å². The van der Waals surface area contributed by atoms with E-state index < -0.39 is 0 Å². The van der Waals surface area contributed by atoms with Gasteiger partial charge in [-0.3, -0.25) is 9.78 Å². The lowest BCUT2D eigenvalue weighted by Crippen LogP contribution is -2.26. The van der Waals surface area contributed by atoms with Crippen LogP contribution in [-0.2, 0) is 6.54 Å². The second-order valence-corrected chi connectivity index (χ2v) is 5.07. The van der Waals surface area contributed by atoms with E-state index in [1.54, 1.807) is 19.0 Å². The molecular weight excluding hydrogens is 262 g/mol. The first-order chi connectivity index (χ1) is 9.10. The van der Waals surface area contributed by atoms with Gasteiger partial charge in [0.15, 0.2) is 0 Å². The molecule has 7 heteroatoms. The number of hydrogen-bond acceptors (Lipinski definition) is 6. The van der Waals surface area contributed by atoms with Crippen LogP contribution in [0.25, 0.3) is 0 Å². The summed E-state index contributed by atoms with van der Waals surface area (Å²) in [6.45, 7) is 2.38. The van der Waals surface area contributed by atoms with E-state index in [1.807, 2.05) is 25.1 Å². The molecule has 0 aliphatic heterocycles. The minimum atomic E-state index is -0.151. The monoisotopic (exact) mass is 277 g/mol. The van der Waals surface area contributed by atoms with Crippen molar-refractivity contribution in [1.82, 2.24) is 20.1 Å². The Balaban J connectivity index is 2.07. The van der Waals surface area contributed by atoms with Gasteiger partial charge in [-0.1, -0.05) is 17.4 Å². The molecule has 0 saturated carbocycles. The lowest BCUT2D eigenvalue weighted by Gasteiger charge is -2.14. The molecule has 0 aliphatic rings. The Kier molecular flexibility index (Phi) is 4.06. The molecule has 19 heavy (non-hydrogen) atoms. The second kappa shape index (κ2) is 5.75. The quantitative estimate of drug-likeness (QED) is 0.918. The number of pyridine rings is 1. The fourth-order valence-corrected chi connectivity index (χ4v) is 2.27. The van der Waals surface area contributed by atoms with Gasteiger partial charge in [0.1, 0.15) is 0 Å². The molecule has 2 aromatic rings. The molecule has 0 saturated heterocycles. The van der Waals surface area contributed by atoms with E-state index in [2.05, 4.69) is 20.5 Å². The van der Waals surface area contributed by atoms with Crippen molar-refractivity contribution in [1.29, 1.82) is 0 Å². The molecule has 0 atom stereocenters. The molecular formula is C12H15N5OS. The van der Waals surface area contributed by atoms with Crippen molar-refractivity contribution in [3.63, 3.8) is 0 Å². The van der Waals surface area contributed by atoms with E-state index in [4.69, 9.17) is 0 Å². The molecule has 0 spiro atoms. The molecule has 0 fully saturated rings. The molecule has 1 N–H and O–H groups in total. The van der Waals surface area contributed by atoms with E-state index in [1.165, 1.54) is 11.3 Å². The number of carbonyl (C=O) groups excluding carboxylic acids is 1. The summed E-state index contributed by atoms with van der Waals surface area (Å²) >= 11 is 1.24. The normalized spacial score (nSPS) is 10.3. The van der Waals surface area contributed by atoms with Gasteiger partial charge in [-0.15, -0.1) is 10.2 Å². The number of amides is 1. The summed E-state index contributed by atoms with van der Waals surface area (Å²) in [4.78, 5) is 18.1. The van der Waals surface area contributed by atoms with Gasteiger partial charge in [-0.25, -0.2) is 0 Å². The summed E-state index contributed by atoms with van der Waals surface area (Å²) in [6, 6.07) is 5.76. The fourth-order valence-electron chi connectivity index (χ4n) is 1.58. The second-order valence-electron chi connectivity index (χ2n) is 4.09. The van der Waals surface area contributed by atoms with Gasteiger partial charge >= 0.3 is 0 Å². The highest BCUT2D eigenvalue weighted by atomic mass is 32.1. The van der Waals surface area contributed by atoms with E-state index in [0.717, 1.165) is 11.4 Å². The minimum absolute atomic E-state index is 0.151. The Morgan fingerprint density at radius 3 is 2.84 bits per heavy atom. The van der Waals surface area contributed by atoms with Gasteiger partial charge in [0.25, 0.3) is 5.91 Å². The predicted molar refractivity (Wildman–Crippen MR) is 74.2 cm³/mol. The summed E-state index contributed by atoms with van der Waals surface area (Å²) < 4.78 is 0. The highest BCUT2D eigenvalue weighted by Crippen LogP contribution is 2.16. The van der Waals surface area contributed by atoms with Crippen molar-refractivity contribution in [3.05, 3.63) is 34.6 Å². The number of nitrogens with zero attached hydrogens (tertiary/aromatic N) is 4. The fraction of sp³-hybridized carbons (Fsp3) is 0.333. The third-order valence-electron chi connectivity index (χ3n) is 2.51. The summed E-state index contributed by atoms with van der Waals surface area (Å²) in [5.74, 6) is -0.151. The number of aryl methyl sites for hydroxylation is 1. The predicted octanol–water partition coefficient (Wildman–Crippen LogP) is 1.56. The minimum Gasteiger partial charge on any atom is -0.363 e. The number of aromatic nitrogens is 3. The van der Waals surface area contributed by atoms with Crippen LogP contribution in [0.3, 0.4) is 0 Å². The highest BCUT2D eigenvalue weighted by molar-refractivity contribution is 7.17. The average Bonchev–Trinajstić information content (AvgIpc) is 2.86. The molecule has 0 unspecified atom stereocenters. The Morgan fingerprint density at radius 2 is 2.21 bits per heavy atom. The van der Waals surface area contributed by atoms with Crippen molar-refractivity contribution in [3.8, 4) is 0 Å². The van der Waals surface area contributed by atoms with Crippen LogP contribution in [0.2, 0.25) is 0 Å². The van der Waals surface area contributed by atoms with Gasteiger partial charge in [0, 0.05) is 19.8 Å². The zero-order chi connectivity index (χ0) is 13.8. The van der Waals surface area contributed by atoms with Crippen LogP contribution in [-0.4, -0.2) is 40.1 Å². The summed E-state index contributed by atoms with van der Waals surface area (Å²) in [5.41, 5.74) is 1.79. The molecule has 0 aromatic carbocycles. The Bertz CT molecular complexity index is 583. The lowest BCUT2D eigenvalue weighted by molar-refractivity contribution is 0.0782. The zero-order valence-electron chi connectivity index (χ0n) is 11.0. The van der Waals surface area contributed by atoms with Crippen molar-refractivity contribution < 1.29 is 4.79 Å². The summed E-state index contributed by atoms with van der Waals surface area (Å²) in [5, 5.41) is 11.6. The Labute approximate surface area is 115 Å². The molecule has 6 nitrogen and oxygen atoms in total. The highest BCUT2D eigenvalue weighted by Gasteiger charge is 2.17. The van der Waals surface area contributed by atoms with Crippen molar-refractivity contribution in [2.45, 2.75) is 13.5 Å².